The van der Waals surface area contributed by atoms with Crippen molar-refractivity contribution in [2.45, 2.75) is 30.2 Å². The molecule has 0 saturated carbocycles. The molecule has 2 aromatic carbocycles. The van der Waals surface area contributed by atoms with Gasteiger partial charge in [-0.15, -0.1) is 0 Å². The fourth-order valence-electron chi connectivity index (χ4n) is 1.85. The summed E-state index contributed by atoms with van der Waals surface area (Å²) in [6.45, 7) is 5.70. The first-order valence-corrected chi connectivity index (χ1v) is 7.24. The molecule has 0 atom stereocenters. The molecule has 0 aliphatic rings. The molecule has 1 nitrogen and oxygen atoms in total. The van der Waals surface area contributed by atoms with E-state index < -0.39 is 0 Å². The SMILES string of the molecule is CCNCc1cc(F)ccc1Sc1cccc(C)c1. The fraction of sp³-hybridized carbons (Fsp3) is 0.250. The van der Waals surface area contributed by atoms with Crippen LogP contribution in [0.2, 0.25) is 0 Å². The first-order valence-electron chi connectivity index (χ1n) is 6.42. The van der Waals surface area contributed by atoms with E-state index in [0.717, 1.165) is 17.0 Å². The van der Waals surface area contributed by atoms with Gasteiger partial charge in [-0.3, -0.25) is 0 Å². The van der Waals surface area contributed by atoms with Crippen molar-refractivity contribution in [3.63, 3.8) is 0 Å². The van der Waals surface area contributed by atoms with Crippen molar-refractivity contribution in [2.24, 2.45) is 0 Å². The Kier molecular flexibility index (Phi) is 5.00. The third-order valence-electron chi connectivity index (χ3n) is 2.81. The van der Waals surface area contributed by atoms with E-state index in [9.17, 15) is 4.39 Å². The van der Waals surface area contributed by atoms with Crippen molar-refractivity contribution in [3.8, 4) is 0 Å². The van der Waals surface area contributed by atoms with E-state index in [4.69, 9.17) is 0 Å². The number of hydrogen-bond acceptors (Lipinski definition) is 2. The summed E-state index contributed by atoms with van der Waals surface area (Å²) in [6.07, 6.45) is 0. The fourth-order valence-corrected chi connectivity index (χ4v) is 2.89. The molecule has 2 rings (SSSR count). The lowest BCUT2D eigenvalue weighted by Crippen LogP contribution is -2.12. The zero-order valence-corrected chi connectivity index (χ0v) is 12.1. The van der Waals surface area contributed by atoms with Crippen LogP contribution in [0, 0.1) is 12.7 Å². The molecule has 0 radical (unpaired) electrons. The second-order valence-electron chi connectivity index (χ2n) is 4.45. The summed E-state index contributed by atoms with van der Waals surface area (Å²) in [7, 11) is 0. The van der Waals surface area contributed by atoms with E-state index in [0.29, 0.717) is 6.54 Å². The van der Waals surface area contributed by atoms with Crippen LogP contribution in [0.1, 0.15) is 18.1 Å². The lowest BCUT2D eigenvalue weighted by atomic mass is 10.2. The monoisotopic (exact) mass is 275 g/mol. The molecule has 0 unspecified atom stereocenters. The summed E-state index contributed by atoms with van der Waals surface area (Å²) >= 11 is 1.68. The minimum Gasteiger partial charge on any atom is -0.313 e. The first kappa shape index (κ1) is 14.1. The molecule has 0 aromatic heterocycles. The zero-order chi connectivity index (χ0) is 13.7. The first-order chi connectivity index (χ1) is 9.19. The lowest BCUT2D eigenvalue weighted by molar-refractivity contribution is 0.619. The summed E-state index contributed by atoms with van der Waals surface area (Å²) in [5.74, 6) is -0.179. The van der Waals surface area contributed by atoms with Crippen molar-refractivity contribution in [1.29, 1.82) is 0 Å². The Morgan fingerprint density at radius 1 is 1.16 bits per heavy atom. The van der Waals surface area contributed by atoms with Crippen LogP contribution >= 0.6 is 11.8 Å². The van der Waals surface area contributed by atoms with Gasteiger partial charge in [-0.05, 0) is 49.4 Å². The average Bonchev–Trinajstić information content (AvgIpc) is 2.39. The topological polar surface area (TPSA) is 12.0 Å². The molecule has 0 spiro atoms. The van der Waals surface area contributed by atoms with Crippen LogP contribution in [0.15, 0.2) is 52.3 Å². The average molecular weight is 275 g/mol. The van der Waals surface area contributed by atoms with Crippen LogP contribution < -0.4 is 5.32 Å². The number of nitrogens with one attached hydrogen (secondary N) is 1. The number of benzene rings is 2. The maximum absolute atomic E-state index is 13.3. The number of halogens is 1. The Labute approximate surface area is 118 Å². The van der Waals surface area contributed by atoms with Crippen molar-refractivity contribution in [1.82, 2.24) is 5.32 Å². The van der Waals surface area contributed by atoms with Crippen molar-refractivity contribution < 1.29 is 4.39 Å². The molecule has 1 N–H and O–H groups in total. The van der Waals surface area contributed by atoms with E-state index in [1.165, 1.54) is 16.5 Å². The number of rotatable bonds is 5. The Morgan fingerprint density at radius 2 is 2.00 bits per heavy atom. The summed E-state index contributed by atoms with van der Waals surface area (Å²) in [6, 6.07) is 13.3. The molecule has 0 bridgehead atoms. The Balaban J connectivity index is 2.23. The van der Waals surface area contributed by atoms with Crippen molar-refractivity contribution in [2.75, 3.05) is 6.54 Å². The lowest BCUT2D eigenvalue weighted by Gasteiger charge is -2.10. The summed E-state index contributed by atoms with van der Waals surface area (Å²) in [5, 5.41) is 3.25. The summed E-state index contributed by atoms with van der Waals surface area (Å²) in [4.78, 5) is 2.29. The predicted octanol–water partition coefficient (Wildman–Crippen LogP) is 4.39. The van der Waals surface area contributed by atoms with Gasteiger partial charge in [0.25, 0.3) is 0 Å². The highest BCUT2D eigenvalue weighted by Gasteiger charge is 2.06. The van der Waals surface area contributed by atoms with Crippen LogP contribution in [0.3, 0.4) is 0 Å². The highest BCUT2D eigenvalue weighted by molar-refractivity contribution is 7.99. The molecule has 100 valence electrons. The molecule has 2 aromatic rings. The van der Waals surface area contributed by atoms with Crippen LogP contribution in [0.25, 0.3) is 0 Å². The smallest absolute Gasteiger partial charge is 0.123 e. The highest BCUT2D eigenvalue weighted by atomic mass is 32.2. The van der Waals surface area contributed by atoms with Crippen molar-refractivity contribution in [3.05, 3.63) is 59.4 Å². The van der Waals surface area contributed by atoms with E-state index in [2.05, 4.69) is 30.4 Å². The molecule has 0 fully saturated rings. The molecule has 19 heavy (non-hydrogen) atoms. The standard InChI is InChI=1S/C16H18FNS/c1-3-18-11-13-10-14(17)7-8-16(13)19-15-6-4-5-12(2)9-15/h4-10,18H,3,11H2,1-2H3. The number of aryl methyl sites for hydroxylation is 1. The van der Waals surface area contributed by atoms with Crippen LogP contribution in [-0.4, -0.2) is 6.54 Å². The zero-order valence-electron chi connectivity index (χ0n) is 11.2. The second-order valence-corrected chi connectivity index (χ2v) is 5.57. The minimum absolute atomic E-state index is 0.179. The largest absolute Gasteiger partial charge is 0.313 e. The van der Waals surface area contributed by atoms with E-state index in [-0.39, 0.29) is 5.82 Å². The molecule has 0 aliphatic carbocycles. The number of hydrogen-bond donors (Lipinski definition) is 1. The van der Waals surface area contributed by atoms with Crippen molar-refractivity contribution >= 4 is 11.8 Å². The molecular weight excluding hydrogens is 257 g/mol. The predicted molar refractivity (Wildman–Crippen MR) is 79.1 cm³/mol. The summed E-state index contributed by atoms with van der Waals surface area (Å²) < 4.78 is 13.3. The van der Waals surface area contributed by atoms with E-state index in [1.54, 1.807) is 17.8 Å². The molecule has 0 aliphatic heterocycles. The quantitative estimate of drug-likeness (QED) is 0.868. The molecule has 0 heterocycles. The van der Waals surface area contributed by atoms with Gasteiger partial charge in [-0.2, -0.15) is 0 Å². The maximum atomic E-state index is 13.3. The Hall–Kier alpha value is -1.32. The molecule has 0 saturated heterocycles. The van der Waals surface area contributed by atoms with Gasteiger partial charge in [0.2, 0.25) is 0 Å². The van der Waals surface area contributed by atoms with Gasteiger partial charge in [0.15, 0.2) is 0 Å². The summed E-state index contributed by atoms with van der Waals surface area (Å²) in [5.41, 5.74) is 2.24. The van der Waals surface area contributed by atoms with Gasteiger partial charge in [-0.25, -0.2) is 4.39 Å². The van der Waals surface area contributed by atoms with Crippen LogP contribution in [-0.2, 0) is 6.54 Å². The molecular formula is C16H18FNS. The third kappa shape index (κ3) is 4.08. The van der Waals surface area contributed by atoms with Gasteiger partial charge in [0.05, 0.1) is 0 Å². The molecule has 0 amide bonds. The Bertz CT molecular complexity index is 554. The van der Waals surface area contributed by atoms with Crippen LogP contribution in [0.5, 0.6) is 0 Å². The van der Waals surface area contributed by atoms with E-state index >= 15 is 0 Å². The van der Waals surface area contributed by atoms with Gasteiger partial charge in [0.1, 0.15) is 5.82 Å². The van der Waals surface area contributed by atoms with Gasteiger partial charge >= 0.3 is 0 Å². The van der Waals surface area contributed by atoms with Gasteiger partial charge < -0.3 is 5.32 Å². The van der Waals surface area contributed by atoms with Gasteiger partial charge in [-0.1, -0.05) is 36.4 Å². The maximum Gasteiger partial charge on any atom is 0.123 e. The third-order valence-corrected chi connectivity index (χ3v) is 3.91. The van der Waals surface area contributed by atoms with Crippen LogP contribution in [0.4, 0.5) is 4.39 Å². The second kappa shape index (κ2) is 6.73. The highest BCUT2D eigenvalue weighted by Crippen LogP contribution is 2.31. The van der Waals surface area contributed by atoms with E-state index in [1.807, 2.05) is 19.1 Å². The van der Waals surface area contributed by atoms with Gasteiger partial charge in [0, 0.05) is 16.3 Å². The molecule has 3 heteroatoms. The Morgan fingerprint density at radius 3 is 2.74 bits per heavy atom. The normalized spacial score (nSPS) is 10.7. The minimum atomic E-state index is -0.179.